The van der Waals surface area contributed by atoms with Gasteiger partial charge in [0.1, 0.15) is 12.1 Å². The van der Waals surface area contributed by atoms with Crippen molar-refractivity contribution >= 4 is 21.7 Å². The van der Waals surface area contributed by atoms with Crippen LogP contribution in [0.2, 0.25) is 0 Å². The fourth-order valence-corrected chi connectivity index (χ4v) is 2.28. The molecule has 0 aromatic carbocycles. The predicted molar refractivity (Wildman–Crippen MR) is 56.2 cm³/mol. The molecule has 4 heteroatoms. The number of alkyl halides is 1. The van der Waals surface area contributed by atoms with Crippen LogP contribution in [0.15, 0.2) is 18.6 Å². The summed E-state index contributed by atoms with van der Waals surface area (Å²) in [7, 11) is 0. The van der Waals surface area contributed by atoms with E-state index >= 15 is 0 Å². The molecule has 0 aliphatic carbocycles. The minimum atomic E-state index is 0.608. The first kappa shape index (κ1) is 8.94. The van der Waals surface area contributed by atoms with Crippen LogP contribution in [-0.4, -0.2) is 27.9 Å². The van der Waals surface area contributed by atoms with E-state index in [-0.39, 0.29) is 0 Å². The molecule has 0 bridgehead atoms. The average molecular weight is 242 g/mol. The lowest BCUT2D eigenvalue weighted by molar-refractivity contribution is 0.591. The summed E-state index contributed by atoms with van der Waals surface area (Å²) >= 11 is 3.64. The van der Waals surface area contributed by atoms with E-state index in [4.69, 9.17) is 0 Å². The first-order valence-corrected chi connectivity index (χ1v) is 5.43. The van der Waals surface area contributed by atoms with E-state index in [2.05, 4.69) is 30.8 Å². The van der Waals surface area contributed by atoms with Crippen LogP contribution < -0.4 is 4.90 Å². The molecule has 3 nitrogen and oxygen atoms in total. The van der Waals surface area contributed by atoms with Gasteiger partial charge < -0.3 is 4.90 Å². The van der Waals surface area contributed by atoms with Crippen LogP contribution in [-0.2, 0) is 0 Å². The second kappa shape index (κ2) is 4.05. The van der Waals surface area contributed by atoms with E-state index in [0.29, 0.717) is 4.83 Å². The van der Waals surface area contributed by atoms with E-state index in [1.54, 1.807) is 12.5 Å². The van der Waals surface area contributed by atoms with Gasteiger partial charge >= 0.3 is 0 Å². The van der Waals surface area contributed by atoms with E-state index in [1.165, 1.54) is 12.8 Å². The molecule has 2 heterocycles. The minimum absolute atomic E-state index is 0.608. The van der Waals surface area contributed by atoms with Gasteiger partial charge in [-0.1, -0.05) is 15.9 Å². The lowest BCUT2D eigenvalue weighted by Gasteiger charge is -2.30. The Balaban J connectivity index is 2.08. The van der Waals surface area contributed by atoms with Crippen molar-refractivity contribution in [3.63, 3.8) is 0 Å². The van der Waals surface area contributed by atoms with Gasteiger partial charge in [-0.05, 0) is 18.9 Å². The van der Waals surface area contributed by atoms with Crippen LogP contribution in [0.4, 0.5) is 5.82 Å². The number of nitrogens with zero attached hydrogens (tertiary/aromatic N) is 3. The molecule has 2 rings (SSSR count). The van der Waals surface area contributed by atoms with E-state index in [1.807, 2.05) is 6.07 Å². The predicted octanol–water partition coefficient (Wildman–Crippen LogP) is 1.84. The highest BCUT2D eigenvalue weighted by atomic mass is 79.9. The van der Waals surface area contributed by atoms with Crippen LogP contribution in [0.3, 0.4) is 0 Å². The van der Waals surface area contributed by atoms with Gasteiger partial charge in [-0.15, -0.1) is 0 Å². The number of aromatic nitrogens is 2. The molecule has 1 atom stereocenters. The summed E-state index contributed by atoms with van der Waals surface area (Å²) in [5, 5.41) is 0. The SMILES string of the molecule is BrC1CCCN(c2ccncn2)C1. The van der Waals surface area contributed by atoms with Gasteiger partial charge in [-0.3, -0.25) is 0 Å². The third-order valence-electron chi connectivity index (χ3n) is 2.25. The molecule has 1 saturated heterocycles. The first-order valence-electron chi connectivity index (χ1n) is 4.51. The molecule has 0 saturated carbocycles. The summed E-state index contributed by atoms with van der Waals surface area (Å²) in [5.74, 6) is 1.04. The third kappa shape index (κ3) is 2.18. The standard InChI is InChI=1S/C9H12BrN3/c10-8-2-1-5-13(6-8)9-3-4-11-7-12-9/h3-4,7-8H,1-2,5-6H2. The topological polar surface area (TPSA) is 29.0 Å². The lowest BCUT2D eigenvalue weighted by Crippen LogP contribution is -2.36. The zero-order valence-electron chi connectivity index (χ0n) is 7.36. The molecule has 0 amide bonds. The molecule has 13 heavy (non-hydrogen) atoms. The van der Waals surface area contributed by atoms with Gasteiger partial charge in [0.25, 0.3) is 0 Å². The van der Waals surface area contributed by atoms with Gasteiger partial charge in [0.05, 0.1) is 0 Å². The van der Waals surface area contributed by atoms with Crippen molar-refractivity contribution in [2.75, 3.05) is 18.0 Å². The Kier molecular flexibility index (Phi) is 2.78. The van der Waals surface area contributed by atoms with Crippen LogP contribution in [0.1, 0.15) is 12.8 Å². The highest BCUT2D eigenvalue weighted by molar-refractivity contribution is 9.09. The smallest absolute Gasteiger partial charge is 0.131 e. The van der Waals surface area contributed by atoms with Gasteiger partial charge in [-0.2, -0.15) is 0 Å². The molecule has 70 valence electrons. The average Bonchev–Trinajstić information content (AvgIpc) is 2.19. The zero-order chi connectivity index (χ0) is 9.10. The number of rotatable bonds is 1. The highest BCUT2D eigenvalue weighted by Crippen LogP contribution is 2.20. The molecule has 1 fully saturated rings. The molecule has 1 aromatic rings. The summed E-state index contributed by atoms with van der Waals surface area (Å²) in [4.78, 5) is 11.0. The first-order chi connectivity index (χ1) is 6.36. The van der Waals surface area contributed by atoms with E-state index in [9.17, 15) is 0 Å². The molecule has 0 spiro atoms. The molecule has 1 aliphatic rings. The normalized spacial score (nSPS) is 23.2. The van der Waals surface area contributed by atoms with Crippen molar-refractivity contribution in [2.24, 2.45) is 0 Å². The Morgan fingerprint density at radius 2 is 2.46 bits per heavy atom. The largest absolute Gasteiger partial charge is 0.355 e. The van der Waals surface area contributed by atoms with Crippen molar-refractivity contribution in [1.82, 2.24) is 9.97 Å². The maximum atomic E-state index is 4.23. The molecule has 0 radical (unpaired) electrons. The Bertz CT molecular complexity index is 265. The molecular weight excluding hydrogens is 230 g/mol. The Morgan fingerprint density at radius 1 is 1.54 bits per heavy atom. The van der Waals surface area contributed by atoms with Crippen molar-refractivity contribution in [2.45, 2.75) is 17.7 Å². The van der Waals surface area contributed by atoms with Gasteiger partial charge in [0, 0.05) is 24.1 Å². The van der Waals surface area contributed by atoms with Crippen LogP contribution >= 0.6 is 15.9 Å². The third-order valence-corrected chi connectivity index (χ3v) is 3.00. The van der Waals surface area contributed by atoms with Crippen LogP contribution in [0.25, 0.3) is 0 Å². The van der Waals surface area contributed by atoms with Crippen LogP contribution in [0.5, 0.6) is 0 Å². The summed E-state index contributed by atoms with van der Waals surface area (Å²) in [5.41, 5.74) is 0. The highest BCUT2D eigenvalue weighted by Gasteiger charge is 2.17. The second-order valence-corrected chi connectivity index (χ2v) is 4.55. The molecule has 1 aromatic heterocycles. The summed E-state index contributed by atoms with van der Waals surface area (Å²) < 4.78 is 0. The molecule has 1 aliphatic heterocycles. The lowest BCUT2D eigenvalue weighted by atomic mass is 10.1. The summed E-state index contributed by atoms with van der Waals surface area (Å²) in [6.07, 6.45) is 5.90. The Labute approximate surface area is 86.3 Å². The van der Waals surface area contributed by atoms with E-state index < -0.39 is 0 Å². The summed E-state index contributed by atoms with van der Waals surface area (Å²) in [6, 6.07) is 1.96. The fourth-order valence-electron chi connectivity index (χ4n) is 1.60. The van der Waals surface area contributed by atoms with Crippen LogP contribution in [0, 0.1) is 0 Å². The minimum Gasteiger partial charge on any atom is -0.355 e. The monoisotopic (exact) mass is 241 g/mol. The number of hydrogen-bond acceptors (Lipinski definition) is 3. The van der Waals surface area contributed by atoms with Gasteiger partial charge in [0.15, 0.2) is 0 Å². The number of piperidine rings is 1. The van der Waals surface area contributed by atoms with Crippen molar-refractivity contribution in [3.05, 3.63) is 18.6 Å². The van der Waals surface area contributed by atoms with Crippen molar-refractivity contribution < 1.29 is 0 Å². The Hall–Kier alpha value is -0.640. The summed E-state index contributed by atoms with van der Waals surface area (Å²) in [6.45, 7) is 2.16. The van der Waals surface area contributed by atoms with E-state index in [0.717, 1.165) is 18.9 Å². The quantitative estimate of drug-likeness (QED) is 0.703. The number of anilines is 1. The maximum Gasteiger partial charge on any atom is 0.131 e. The second-order valence-electron chi connectivity index (χ2n) is 3.25. The van der Waals surface area contributed by atoms with Crippen molar-refractivity contribution in [3.8, 4) is 0 Å². The van der Waals surface area contributed by atoms with Gasteiger partial charge in [0.2, 0.25) is 0 Å². The molecule has 0 N–H and O–H groups in total. The number of halogens is 1. The molecule has 1 unspecified atom stereocenters. The van der Waals surface area contributed by atoms with Gasteiger partial charge in [-0.25, -0.2) is 9.97 Å². The van der Waals surface area contributed by atoms with Crippen molar-refractivity contribution in [1.29, 1.82) is 0 Å². The Morgan fingerprint density at radius 3 is 3.15 bits per heavy atom. The maximum absolute atomic E-state index is 4.23. The molecular formula is C9H12BrN3. The fraction of sp³-hybridized carbons (Fsp3) is 0.556. The number of hydrogen-bond donors (Lipinski definition) is 0. The zero-order valence-corrected chi connectivity index (χ0v) is 8.94.